The summed E-state index contributed by atoms with van der Waals surface area (Å²) >= 11 is 18.5. The first-order valence-electron chi connectivity index (χ1n) is 9.82. The van der Waals surface area contributed by atoms with Crippen molar-refractivity contribution < 1.29 is 18.0 Å². The van der Waals surface area contributed by atoms with Crippen LogP contribution in [0.25, 0.3) is 0 Å². The van der Waals surface area contributed by atoms with Crippen LogP contribution in [0.4, 0.5) is 5.69 Å². The van der Waals surface area contributed by atoms with Gasteiger partial charge in [0.1, 0.15) is 10.9 Å². The van der Waals surface area contributed by atoms with Gasteiger partial charge in [-0.2, -0.15) is 4.31 Å². The summed E-state index contributed by atoms with van der Waals surface area (Å²) in [5.41, 5.74) is 0.838. The van der Waals surface area contributed by atoms with Gasteiger partial charge in [-0.1, -0.05) is 71.2 Å². The minimum atomic E-state index is -4.36. The number of para-hydroxylation sites is 1. The molecule has 0 aliphatic carbocycles. The fraction of sp³-hybridized carbons (Fsp3) is 0.130. The second-order valence-electron chi connectivity index (χ2n) is 7.34. The molecular formula is C23H17Cl3N2O4S. The third-order valence-electron chi connectivity index (χ3n) is 5.25. The molecule has 1 aliphatic rings. The Morgan fingerprint density at radius 3 is 2.24 bits per heavy atom. The average Bonchev–Trinajstić information content (AvgIpc) is 3.08. The van der Waals surface area contributed by atoms with Crippen LogP contribution < -0.4 is 4.90 Å². The zero-order valence-corrected chi connectivity index (χ0v) is 20.1. The molecule has 1 heterocycles. The van der Waals surface area contributed by atoms with E-state index in [0.29, 0.717) is 16.3 Å². The molecule has 1 aliphatic heterocycles. The number of imide groups is 1. The number of benzene rings is 3. The van der Waals surface area contributed by atoms with Crippen LogP contribution in [0.1, 0.15) is 12.0 Å². The summed E-state index contributed by atoms with van der Waals surface area (Å²) in [5.74, 6) is -1.16. The number of nitrogens with zero attached hydrogens (tertiary/aromatic N) is 2. The Kier molecular flexibility index (Phi) is 6.79. The normalized spacial score (nSPS) is 16.6. The molecule has 10 heteroatoms. The van der Waals surface area contributed by atoms with Gasteiger partial charge in [0, 0.05) is 16.6 Å². The van der Waals surface area contributed by atoms with E-state index in [-0.39, 0.29) is 27.9 Å². The van der Waals surface area contributed by atoms with Gasteiger partial charge in [-0.05, 0) is 42.0 Å². The van der Waals surface area contributed by atoms with E-state index in [0.717, 1.165) is 9.21 Å². The van der Waals surface area contributed by atoms with E-state index >= 15 is 0 Å². The fourth-order valence-corrected chi connectivity index (χ4v) is 6.14. The summed E-state index contributed by atoms with van der Waals surface area (Å²) in [6.45, 7) is -0.239. The van der Waals surface area contributed by atoms with Crippen LogP contribution in [0.15, 0.2) is 77.7 Å². The van der Waals surface area contributed by atoms with E-state index < -0.39 is 27.9 Å². The molecule has 2 amide bonds. The average molecular weight is 524 g/mol. The number of amides is 2. The lowest BCUT2D eigenvalue weighted by molar-refractivity contribution is -0.122. The Balaban J connectivity index is 1.81. The van der Waals surface area contributed by atoms with Crippen molar-refractivity contribution in [2.24, 2.45) is 0 Å². The molecule has 1 saturated heterocycles. The molecule has 1 unspecified atom stereocenters. The monoisotopic (exact) mass is 522 g/mol. The summed E-state index contributed by atoms with van der Waals surface area (Å²) in [6, 6.07) is 17.8. The van der Waals surface area contributed by atoms with Crippen molar-refractivity contribution in [2.45, 2.75) is 23.9 Å². The minimum Gasteiger partial charge on any atom is -0.274 e. The van der Waals surface area contributed by atoms with Gasteiger partial charge in [0.15, 0.2) is 0 Å². The molecule has 0 N–H and O–H groups in total. The summed E-state index contributed by atoms with van der Waals surface area (Å²) in [6.07, 6.45) is -0.324. The first kappa shape index (κ1) is 23.7. The van der Waals surface area contributed by atoms with Crippen molar-refractivity contribution in [3.05, 3.63) is 93.4 Å². The summed E-state index contributed by atoms with van der Waals surface area (Å²) < 4.78 is 28.5. The lowest BCUT2D eigenvalue weighted by Gasteiger charge is -2.27. The van der Waals surface area contributed by atoms with E-state index in [1.54, 1.807) is 54.6 Å². The largest absolute Gasteiger partial charge is 0.274 e. The van der Waals surface area contributed by atoms with Gasteiger partial charge in [-0.15, -0.1) is 0 Å². The topological polar surface area (TPSA) is 74.8 Å². The highest BCUT2D eigenvalue weighted by Crippen LogP contribution is 2.34. The Bertz CT molecular complexity index is 1330. The number of rotatable bonds is 6. The summed E-state index contributed by atoms with van der Waals surface area (Å²) in [4.78, 5) is 26.9. The van der Waals surface area contributed by atoms with Crippen LogP contribution in [-0.2, 0) is 26.2 Å². The molecule has 1 atom stereocenters. The van der Waals surface area contributed by atoms with E-state index in [2.05, 4.69) is 0 Å². The summed E-state index contributed by atoms with van der Waals surface area (Å²) in [7, 11) is -4.36. The number of sulfonamides is 1. The Morgan fingerprint density at radius 1 is 0.879 bits per heavy atom. The number of anilines is 1. The first-order chi connectivity index (χ1) is 15.7. The van der Waals surface area contributed by atoms with E-state index in [9.17, 15) is 18.0 Å². The fourth-order valence-electron chi connectivity index (χ4n) is 3.65. The Hall–Kier alpha value is -2.42. The molecule has 3 aromatic carbocycles. The number of carbonyl (C=O) groups excluding carboxylic acids is 2. The Labute approximate surface area is 206 Å². The minimum absolute atomic E-state index is 0.0553. The maximum absolute atomic E-state index is 13.8. The lowest BCUT2D eigenvalue weighted by atomic mass is 10.2. The number of hydrogen-bond donors (Lipinski definition) is 0. The molecule has 0 bridgehead atoms. The van der Waals surface area contributed by atoms with Crippen molar-refractivity contribution in [3.63, 3.8) is 0 Å². The molecule has 170 valence electrons. The SMILES string of the molecule is O=C1CC(N(Cc2ccccc2Cl)S(=O)(=O)c2cc(Cl)ccc2Cl)C(=O)N1c1ccccc1. The van der Waals surface area contributed by atoms with Gasteiger partial charge < -0.3 is 0 Å². The van der Waals surface area contributed by atoms with Crippen LogP contribution >= 0.6 is 34.8 Å². The molecule has 0 saturated carbocycles. The van der Waals surface area contributed by atoms with E-state index in [4.69, 9.17) is 34.8 Å². The Morgan fingerprint density at radius 2 is 1.55 bits per heavy atom. The van der Waals surface area contributed by atoms with Crippen molar-refractivity contribution in [1.82, 2.24) is 4.31 Å². The molecule has 0 radical (unpaired) electrons. The van der Waals surface area contributed by atoms with Crippen LogP contribution in [0, 0.1) is 0 Å². The van der Waals surface area contributed by atoms with Crippen molar-refractivity contribution in [3.8, 4) is 0 Å². The van der Waals surface area contributed by atoms with Gasteiger partial charge in [-0.25, -0.2) is 13.3 Å². The zero-order chi connectivity index (χ0) is 23.8. The van der Waals surface area contributed by atoms with Crippen molar-refractivity contribution >= 4 is 62.3 Å². The molecule has 0 spiro atoms. The van der Waals surface area contributed by atoms with Crippen LogP contribution in [-0.4, -0.2) is 30.6 Å². The standard InChI is InChI=1S/C23H17Cl3N2O4S/c24-16-10-11-19(26)21(12-16)33(31,32)27(14-15-6-4-5-9-18(15)25)20-13-22(29)28(23(20)30)17-7-2-1-3-8-17/h1-12,20H,13-14H2. The smallest absolute Gasteiger partial charge is 0.252 e. The van der Waals surface area contributed by atoms with Gasteiger partial charge in [-0.3, -0.25) is 9.59 Å². The maximum atomic E-state index is 13.8. The van der Waals surface area contributed by atoms with Crippen LogP contribution in [0.5, 0.6) is 0 Å². The molecule has 1 fully saturated rings. The van der Waals surface area contributed by atoms with Crippen LogP contribution in [0.2, 0.25) is 15.1 Å². The van der Waals surface area contributed by atoms with Gasteiger partial charge in [0.25, 0.3) is 5.91 Å². The zero-order valence-electron chi connectivity index (χ0n) is 17.0. The second-order valence-corrected chi connectivity index (χ2v) is 10.4. The predicted molar refractivity (Wildman–Crippen MR) is 128 cm³/mol. The summed E-state index contributed by atoms with van der Waals surface area (Å²) in [5, 5.41) is 0.433. The highest BCUT2D eigenvalue weighted by molar-refractivity contribution is 7.89. The van der Waals surface area contributed by atoms with Crippen molar-refractivity contribution in [2.75, 3.05) is 4.90 Å². The number of carbonyl (C=O) groups is 2. The van der Waals surface area contributed by atoms with Crippen LogP contribution in [0.3, 0.4) is 0 Å². The molecule has 0 aromatic heterocycles. The number of hydrogen-bond acceptors (Lipinski definition) is 4. The van der Waals surface area contributed by atoms with E-state index in [1.807, 2.05) is 0 Å². The molecular weight excluding hydrogens is 507 g/mol. The highest BCUT2D eigenvalue weighted by Gasteiger charge is 2.47. The predicted octanol–water partition coefficient (Wildman–Crippen LogP) is 5.17. The van der Waals surface area contributed by atoms with Gasteiger partial charge >= 0.3 is 0 Å². The number of halogens is 3. The molecule has 3 aromatic rings. The molecule has 33 heavy (non-hydrogen) atoms. The third-order valence-corrected chi connectivity index (χ3v) is 8.19. The third kappa shape index (κ3) is 4.65. The van der Waals surface area contributed by atoms with E-state index in [1.165, 1.54) is 18.2 Å². The molecule has 6 nitrogen and oxygen atoms in total. The molecule has 4 rings (SSSR count). The highest BCUT2D eigenvalue weighted by atomic mass is 35.5. The second kappa shape index (κ2) is 9.44. The van der Waals surface area contributed by atoms with Crippen molar-refractivity contribution in [1.29, 1.82) is 0 Å². The van der Waals surface area contributed by atoms with Gasteiger partial charge in [0.05, 0.1) is 17.1 Å². The quantitative estimate of drug-likeness (QED) is 0.418. The first-order valence-corrected chi connectivity index (χ1v) is 12.4. The lowest BCUT2D eigenvalue weighted by Crippen LogP contribution is -2.45. The van der Waals surface area contributed by atoms with Gasteiger partial charge in [0.2, 0.25) is 15.9 Å². The maximum Gasteiger partial charge on any atom is 0.252 e.